The van der Waals surface area contributed by atoms with Crippen LogP contribution in [-0.4, -0.2) is 26.6 Å². The van der Waals surface area contributed by atoms with E-state index in [1.165, 1.54) is 0 Å². The fraction of sp³-hybridized carbons (Fsp3) is 0.857. The van der Waals surface area contributed by atoms with Crippen molar-refractivity contribution in [2.24, 2.45) is 5.73 Å². The molecule has 0 rings (SSSR count). The first-order valence-corrected chi connectivity index (χ1v) is 5.93. The summed E-state index contributed by atoms with van der Waals surface area (Å²) in [4.78, 5) is 0. The number of rotatable bonds is 7. The van der Waals surface area contributed by atoms with Crippen LogP contribution in [0, 0.1) is 5.41 Å². The molecule has 0 aliphatic heterocycles. The third kappa shape index (κ3) is 7.73. The monoisotopic (exact) mass is 207 g/mol. The fourth-order valence-electron chi connectivity index (χ4n) is 0.770. The lowest BCUT2D eigenvalue weighted by molar-refractivity contribution is 0.579. The predicted octanol–water partition coefficient (Wildman–Crippen LogP) is 0.0320. The van der Waals surface area contributed by atoms with Gasteiger partial charge in [-0.3, -0.25) is 5.41 Å². The Hall–Kier alpha value is -0.620. The fourth-order valence-corrected chi connectivity index (χ4v) is 1.43. The summed E-state index contributed by atoms with van der Waals surface area (Å²) in [5.74, 6) is 0.262. The van der Waals surface area contributed by atoms with Gasteiger partial charge >= 0.3 is 0 Å². The van der Waals surface area contributed by atoms with Crippen LogP contribution in [0.2, 0.25) is 0 Å². The molecule has 0 aromatic rings. The molecular weight excluding hydrogens is 190 g/mol. The zero-order valence-corrected chi connectivity index (χ0v) is 8.65. The molecule has 0 aliphatic rings. The first kappa shape index (κ1) is 12.4. The molecule has 78 valence electrons. The van der Waals surface area contributed by atoms with Crippen molar-refractivity contribution < 1.29 is 8.42 Å². The van der Waals surface area contributed by atoms with E-state index in [9.17, 15) is 8.42 Å². The number of hydrogen-bond acceptors (Lipinski definition) is 3. The van der Waals surface area contributed by atoms with Crippen LogP contribution in [-0.2, 0) is 10.0 Å². The van der Waals surface area contributed by atoms with E-state index in [0.29, 0.717) is 13.0 Å². The Labute approximate surface area is 79.3 Å². The summed E-state index contributed by atoms with van der Waals surface area (Å²) in [6.45, 7) is 2.03. The first-order valence-electron chi connectivity index (χ1n) is 4.28. The van der Waals surface area contributed by atoms with E-state index in [-0.39, 0.29) is 11.6 Å². The van der Waals surface area contributed by atoms with E-state index in [1.54, 1.807) is 6.92 Å². The number of hydrogen-bond donors (Lipinski definition) is 3. The third-order valence-electron chi connectivity index (χ3n) is 1.57. The maximum Gasteiger partial charge on any atom is 0.211 e. The van der Waals surface area contributed by atoms with Gasteiger partial charge in [-0.05, 0) is 19.8 Å². The highest BCUT2D eigenvalue weighted by atomic mass is 32.2. The van der Waals surface area contributed by atoms with E-state index < -0.39 is 10.0 Å². The van der Waals surface area contributed by atoms with Gasteiger partial charge in [0.1, 0.15) is 0 Å². The number of amidine groups is 1. The maximum absolute atomic E-state index is 10.9. The summed E-state index contributed by atoms with van der Waals surface area (Å²) in [6.07, 6.45) is 2.01. The topological polar surface area (TPSA) is 96.0 Å². The molecule has 0 amide bonds. The van der Waals surface area contributed by atoms with Crippen molar-refractivity contribution in [3.8, 4) is 0 Å². The van der Waals surface area contributed by atoms with E-state index in [1.807, 2.05) is 0 Å². The number of unbranched alkanes of at least 4 members (excludes halogenated alkanes) is 1. The molecule has 0 aliphatic carbocycles. The highest BCUT2D eigenvalue weighted by Crippen LogP contribution is 1.93. The van der Waals surface area contributed by atoms with Crippen LogP contribution >= 0.6 is 0 Å². The minimum Gasteiger partial charge on any atom is -0.388 e. The zero-order chi connectivity index (χ0) is 10.3. The van der Waals surface area contributed by atoms with Crippen LogP contribution in [0.4, 0.5) is 0 Å². The molecule has 0 heterocycles. The Kier molecular flexibility index (Phi) is 5.65. The van der Waals surface area contributed by atoms with E-state index in [4.69, 9.17) is 11.1 Å². The van der Waals surface area contributed by atoms with Gasteiger partial charge in [-0.25, -0.2) is 13.1 Å². The Morgan fingerprint density at radius 3 is 2.54 bits per heavy atom. The molecule has 0 saturated carbocycles. The van der Waals surface area contributed by atoms with Gasteiger partial charge in [-0.2, -0.15) is 0 Å². The molecule has 4 N–H and O–H groups in total. The number of nitrogens with one attached hydrogen (secondary N) is 2. The lowest BCUT2D eigenvalue weighted by Gasteiger charge is -2.03. The number of sulfonamides is 1. The maximum atomic E-state index is 10.9. The largest absolute Gasteiger partial charge is 0.388 e. The predicted molar refractivity (Wildman–Crippen MR) is 53.2 cm³/mol. The molecule has 0 saturated heterocycles. The van der Waals surface area contributed by atoms with Crippen molar-refractivity contribution in [3.63, 3.8) is 0 Å². The van der Waals surface area contributed by atoms with E-state index in [0.717, 1.165) is 12.8 Å². The summed E-state index contributed by atoms with van der Waals surface area (Å²) in [6, 6.07) is 0. The molecule has 0 aromatic carbocycles. The van der Waals surface area contributed by atoms with Gasteiger partial charge in [0.2, 0.25) is 10.0 Å². The van der Waals surface area contributed by atoms with Crippen LogP contribution in [0.5, 0.6) is 0 Å². The molecule has 0 radical (unpaired) electrons. The molecule has 0 bridgehead atoms. The quantitative estimate of drug-likeness (QED) is 0.312. The summed E-state index contributed by atoms with van der Waals surface area (Å²) < 4.78 is 24.3. The molecule has 5 nitrogen and oxygen atoms in total. The van der Waals surface area contributed by atoms with Gasteiger partial charge in [0.05, 0.1) is 11.6 Å². The van der Waals surface area contributed by atoms with Gasteiger partial charge in [-0.15, -0.1) is 0 Å². The van der Waals surface area contributed by atoms with Gasteiger partial charge in [0.25, 0.3) is 0 Å². The van der Waals surface area contributed by atoms with Crippen molar-refractivity contribution in [2.45, 2.75) is 26.2 Å². The lowest BCUT2D eigenvalue weighted by atomic mass is 10.2. The Bertz CT molecular complexity index is 248. The molecule has 0 aromatic heterocycles. The van der Waals surface area contributed by atoms with Gasteiger partial charge in [0, 0.05) is 13.0 Å². The SMILES string of the molecule is CCS(=O)(=O)NCCCCC(=N)N. The van der Waals surface area contributed by atoms with Gasteiger partial charge in [0.15, 0.2) is 0 Å². The molecule has 0 fully saturated rings. The van der Waals surface area contributed by atoms with Crippen molar-refractivity contribution >= 4 is 15.9 Å². The van der Waals surface area contributed by atoms with E-state index >= 15 is 0 Å². The standard InChI is InChI=1S/C7H17N3O2S/c1-2-13(11,12)10-6-4-3-5-7(8)9/h10H,2-6H2,1H3,(H3,8,9). The average molecular weight is 207 g/mol. The number of nitrogens with two attached hydrogens (primary N) is 1. The van der Waals surface area contributed by atoms with Gasteiger partial charge in [-0.1, -0.05) is 0 Å². The normalized spacial score (nSPS) is 11.5. The van der Waals surface area contributed by atoms with Crippen LogP contribution in [0.1, 0.15) is 26.2 Å². The minimum absolute atomic E-state index is 0.111. The van der Waals surface area contributed by atoms with Crippen LogP contribution in [0.25, 0.3) is 0 Å². The Balaban J connectivity index is 3.42. The second-order valence-electron chi connectivity index (χ2n) is 2.78. The molecule has 0 spiro atoms. The van der Waals surface area contributed by atoms with Crippen molar-refractivity contribution in [2.75, 3.05) is 12.3 Å². The summed E-state index contributed by atoms with van der Waals surface area (Å²) in [7, 11) is -3.06. The summed E-state index contributed by atoms with van der Waals surface area (Å²) in [5.41, 5.74) is 5.13. The molecule has 13 heavy (non-hydrogen) atoms. The molecular formula is C7H17N3O2S. The highest BCUT2D eigenvalue weighted by molar-refractivity contribution is 7.89. The van der Waals surface area contributed by atoms with E-state index in [2.05, 4.69) is 4.72 Å². The molecule has 0 atom stereocenters. The van der Waals surface area contributed by atoms with Crippen LogP contribution in [0.3, 0.4) is 0 Å². The summed E-state index contributed by atoms with van der Waals surface area (Å²) >= 11 is 0. The Morgan fingerprint density at radius 1 is 1.46 bits per heavy atom. The highest BCUT2D eigenvalue weighted by Gasteiger charge is 2.03. The second-order valence-corrected chi connectivity index (χ2v) is 4.88. The molecule has 6 heteroatoms. The molecule has 0 unspecified atom stereocenters. The second kappa shape index (κ2) is 5.93. The van der Waals surface area contributed by atoms with Gasteiger partial charge < -0.3 is 5.73 Å². The smallest absolute Gasteiger partial charge is 0.211 e. The minimum atomic E-state index is -3.06. The van der Waals surface area contributed by atoms with Crippen molar-refractivity contribution in [1.29, 1.82) is 5.41 Å². The first-order chi connectivity index (χ1) is 5.98. The third-order valence-corrected chi connectivity index (χ3v) is 2.98. The van der Waals surface area contributed by atoms with Crippen LogP contribution in [0.15, 0.2) is 0 Å². The van der Waals surface area contributed by atoms with Crippen molar-refractivity contribution in [1.82, 2.24) is 4.72 Å². The van der Waals surface area contributed by atoms with Crippen molar-refractivity contribution in [3.05, 3.63) is 0 Å². The Morgan fingerprint density at radius 2 is 2.08 bits per heavy atom. The lowest BCUT2D eigenvalue weighted by Crippen LogP contribution is -2.26. The average Bonchev–Trinajstić information content (AvgIpc) is 2.03. The van der Waals surface area contributed by atoms with Crippen LogP contribution < -0.4 is 10.5 Å². The zero-order valence-electron chi connectivity index (χ0n) is 7.84. The summed E-state index contributed by atoms with van der Waals surface area (Å²) in [5, 5.41) is 6.93.